The smallest absolute Gasteiger partial charge is 0.271 e. The summed E-state index contributed by atoms with van der Waals surface area (Å²) in [5.74, 6) is -0.0254. The van der Waals surface area contributed by atoms with Gasteiger partial charge in [0.15, 0.2) is 5.69 Å². The SMILES string of the molecule is Cc1c(C(N)=O)nnn1Cc1ccc(C(C)C)cc1. The molecule has 5 heteroatoms. The minimum atomic E-state index is -0.543. The monoisotopic (exact) mass is 258 g/mol. The normalized spacial score (nSPS) is 10.9. The third-order valence-electron chi connectivity index (χ3n) is 3.19. The van der Waals surface area contributed by atoms with Gasteiger partial charge in [-0.15, -0.1) is 5.10 Å². The number of aromatic nitrogens is 3. The van der Waals surface area contributed by atoms with E-state index >= 15 is 0 Å². The average Bonchev–Trinajstić information content (AvgIpc) is 2.72. The molecular formula is C14H18N4O. The Labute approximate surface area is 112 Å². The fraction of sp³-hybridized carbons (Fsp3) is 0.357. The highest BCUT2D eigenvalue weighted by Gasteiger charge is 2.13. The lowest BCUT2D eigenvalue weighted by atomic mass is 10.0. The van der Waals surface area contributed by atoms with Crippen LogP contribution in [-0.2, 0) is 6.54 Å². The molecule has 0 spiro atoms. The number of hydrogen-bond donors (Lipinski definition) is 1. The van der Waals surface area contributed by atoms with E-state index in [1.165, 1.54) is 5.56 Å². The van der Waals surface area contributed by atoms with E-state index in [1.807, 2.05) is 0 Å². The van der Waals surface area contributed by atoms with Crippen LogP contribution in [0.4, 0.5) is 0 Å². The molecule has 0 saturated heterocycles. The molecule has 0 radical (unpaired) electrons. The lowest BCUT2D eigenvalue weighted by Crippen LogP contribution is -2.13. The van der Waals surface area contributed by atoms with Crippen LogP contribution in [0.1, 0.15) is 47.1 Å². The number of benzene rings is 1. The summed E-state index contributed by atoms with van der Waals surface area (Å²) in [6.45, 7) is 6.71. The molecule has 19 heavy (non-hydrogen) atoms. The third kappa shape index (κ3) is 2.81. The van der Waals surface area contributed by atoms with E-state index in [0.29, 0.717) is 18.2 Å². The Hall–Kier alpha value is -2.17. The van der Waals surface area contributed by atoms with Crippen molar-refractivity contribution in [3.05, 3.63) is 46.8 Å². The van der Waals surface area contributed by atoms with E-state index in [-0.39, 0.29) is 5.69 Å². The zero-order valence-corrected chi connectivity index (χ0v) is 11.4. The topological polar surface area (TPSA) is 73.8 Å². The maximum absolute atomic E-state index is 11.1. The van der Waals surface area contributed by atoms with Crippen molar-refractivity contribution in [2.45, 2.75) is 33.2 Å². The summed E-state index contributed by atoms with van der Waals surface area (Å²) in [5.41, 5.74) is 8.57. The van der Waals surface area contributed by atoms with Gasteiger partial charge in [0, 0.05) is 0 Å². The van der Waals surface area contributed by atoms with E-state index in [1.54, 1.807) is 11.6 Å². The van der Waals surface area contributed by atoms with E-state index < -0.39 is 5.91 Å². The lowest BCUT2D eigenvalue weighted by molar-refractivity contribution is 0.0995. The van der Waals surface area contributed by atoms with Crippen molar-refractivity contribution in [2.24, 2.45) is 5.73 Å². The van der Waals surface area contributed by atoms with Crippen molar-refractivity contribution in [1.82, 2.24) is 15.0 Å². The van der Waals surface area contributed by atoms with Gasteiger partial charge in [-0.1, -0.05) is 43.3 Å². The van der Waals surface area contributed by atoms with Gasteiger partial charge in [0.2, 0.25) is 0 Å². The van der Waals surface area contributed by atoms with Crippen LogP contribution in [0.25, 0.3) is 0 Å². The summed E-state index contributed by atoms with van der Waals surface area (Å²) < 4.78 is 1.68. The van der Waals surface area contributed by atoms with Gasteiger partial charge in [0.05, 0.1) is 12.2 Å². The van der Waals surface area contributed by atoms with Crippen LogP contribution in [0.15, 0.2) is 24.3 Å². The van der Waals surface area contributed by atoms with Crippen LogP contribution in [0, 0.1) is 6.92 Å². The van der Waals surface area contributed by atoms with E-state index in [9.17, 15) is 4.79 Å². The summed E-state index contributed by atoms with van der Waals surface area (Å²) in [4.78, 5) is 11.1. The largest absolute Gasteiger partial charge is 0.364 e. The van der Waals surface area contributed by atoms with E-state index in [0.717, 1.165) is 5.56 Å². The van der Waals surface area contributed by atoms with Crippen LogP contribution in [0.2, 0.25) is 0 Å². The van der Waals surface area contributed by atoms with Crippen molar-refractivity contribution >= 4 is 5.91 Å². The molecular weight excluding hydrogens is 240 g/mol. The number of hydrogen-bond acceptors (Lipinski definition) is 3. The van der Waals surface area contributed by atoms with Crippen molar-refractivity contribution < 1.29 is 4.79 Å². The maximum Gasteiger partial charge on any atom is 0.271 e. The van der Waals surface area contributed by atoms with Gasteiger partial charge in [0.25, 0.3) is 5.91 Å². The Morgan fingerprint density at radius 1 is 1.32 bits per heavy atom. The number of nitrogens with zero attached hydrogens (tertiary/aromatic N) is 3. The Bertz CT molecular complexity index is 584. The molecule has 2 rings (SSSR count). The third-order valence-corrected chi connectivity index (χ3v) is 3.19. The fourth-order valence-corrected chi connectivity index (χ4v) is 1.92. The standard InChI is InChI=1S/C14H18N4O/c1-9(2)12-6-4-11(5-7-12)8-18-10(3)13(14(15)19)16-17-18/h4-7,9H,8H2,1-3H3,(H2,15,19). The molecule has 0 aliphatic carbocycles. The number of carbonyl (C=O) groups is 1. The van der Waals surface area contributed by atoms with Gasteiger partial charge in [-0.05, 0) is 24.0 Å². The summed E-state index contributed by atoms with van der Waals surface area (Å²) in [6.07, 6.45) is 0. The zero-order valence-electron chi connectivity index (χ0n) is 11.4. The molecule has 0 aliphatic heterocycles. The Balaban J connectivity index is 2.19. The first kappa shape index (κ1) is 13.3. The van der Waals surface area contributed by atoms with Crippen molar-refractivity contribution in [1.29, 1.82) is 0 Å². The van der Waals surface area contributed by atoms with Crippen LogP contribution in [0.5, 0.6) is 0 Å². The molecule has 1 amide bonds. The van der Waals surface area contributed by atoms with Gasteiger partial charge >= 0.3 is 0 Å². The second-order valence-electron chi connectivity index (χ2n) is 4.94. The molecule has 1 aromatic heterocycles. The number of primary amides is 1. The molecule has 0 saturated carbocycles. The highest BCUT2D eigenvalue weighted by molar-refractivity contribution is 5.91. The lowest BCUT2D eigenvalue weighted by Gasteiger charge is -2.07. The highest BCUT2D eigenvalue weighted by atomic mass is 16.1. The van der Waals surface area contributed by atoms with Crippen LogP contribution in [0.3, 0.4) is 0 Å². The molecule has 2 N–H and O–H groups in total. The predicted molar refractivity (Wildman–Crippen MR) is 72.9 cm³/mol. The Kier molecular flexibility index (Phi) is 3.64. The second-order valence-corrected chi connectivity index (χ2v) is 4.94. The minimum Gasteiger partial charge on any atom is -0.364 e. The number of carbonyl (C=O) groups excluding carboxylic acids is 1. The molecule has 0 aliphatic rings. The fourth-order valence-electron chi connectivity index (χ4n) is 1.92. The summed E-state index contributed by atoms with van der Waals surface area (Å²) in [6, 6.07) is 8.36. The Morgan fingerprint density at radius 3 is 2.42 bits per heavy atom. The van der Waals surface area contributed by atoms with Crippen LogP contribution < -0.4 is 5.73 Å². The molecule has 0 bridgehead atoms. The molecule has 5 nitrogen and oxygen atoms in total. The van der Waals surface area contributed by atoms with E-state index in [4.69, 9.17) is 5.73 Å². The first-order chi connectivity index (χ1) is 8.99. The molecule has 0 fully saturated rings. The highest BCUT2D eigenvalue weighted by Crippen LogP contribution is 2.15. The van der Waals surface area contributed by atoms with Crippen molar-refractivity contribution in [3.63, 3.8) is 0 Å². The summed E-state index contributed by atoms with van der Waals surface area (Å²) >= 11 is 0. The predicted octanol–water partition coefficient (Wildman–Crippen LogP) is 1.86. The number of amides is 1. The summed E-state index contributed by atoms with van der Waals surface area (Å²) in [7, 11) is 0. The molecule has 100 valence electrons. The van der Waals surface area contributed by atoms with Crippen LogP contribution >= 0.6 is 0 Å². The molecule has 1 heterocycles. The van der Waals surface area contributed by atoms with Crippen LogP contribution in [-0.4, -0.2) is 20.9 Å². The molecule has 0 atom stereocenters. The minimum absolute atomic E-state index is 0.235. The summed E-state index contributed by atoms with van der Waals surface area (Å²) in [5, 5.41) is 7.75. The quantitative estimate of drug-likeness (QED) is 0.909. The van der Waals surface area contributed by atoms with Gasteiger partial charge in [-0.3, -0.25) is 4.79 Å². The zero-order chi connectivity index (χ0) is 14.0. The van der Waals surface area contributed by atoms with Crippen molar-refractivity contribution in [3.8, 4) is 0 Å². The Morgan fingerprint density at radius 2 is 1.95 bits per heavy atom. The average molecular weight is 258 g/mol. The van der Waals surface area contributed by atoms with Gasteiger partial charge in [-0.2, -0.15) is 0 Å². The van der Waals surface area contributed by atoms with Crippen molar-refractivity contribution in [2.75, 3.05) is 0 Å². The first-order valence-electron chi connectivity index (χ1n) is 6.27. The number of nitrogens with two attached hydrogens (primary N) is 1. The second kappa shape index (κ2) is 5.22. The molecule has 1 aromatic carbocycles. The molecule has 0 unspecified atom stereocenters. The maximum atomic E-state index is 11.1. The van der Waals surface area contributed by atoms with Gasteiger partial charge in [0.1, 0.15) is 0 Å². The van der Waals surface area contributed by atoms with E-state index in [2.05, 4.69) is 48.4 Å². The number of rotatable bonds is 4. The first-order valence-corrected chi connectivity index (χ1v) is 6.27. The van der Waals surface area contributed by atoms with Gasteiger partial charge in [-0.25, -0.2) is 4.68 Å². The molecule has 2 aromatic rings. The van der Waals surface area contributed by atoms with Gasteiger partial charge < -0.3 is 5.73 Å².